The molecule has 1 amide bonds. The summed E-state index contributed by atoms with van der Waals surface area (Å²) in [4.78, 5) is 20.1. The highest BCUT2D eigenvalue weighted by Gasteiger charge is 2.25. The highest BCUT2D eigenvalue weighted by molar-refractivity contribution is 14.0. The number of aliphatic imine (C=N–C) groups is 1. The molecule has 1 aliphatic rings. The quantitative estimate of drug-likeness (QED) is 0.324. The predicted octanol–water partition coefficient (Wildman–Crippen LogP) is 3.62. The summed E-state index contributed by atoms with van der Waals surface area (Å²) >= 11 is 0. The van der Waals surface area contributed by atoms with Crippen LogP contribution in [0.5, 0.6) is 0 Å². The molecule has 174 valence electrons. The van der Waals surface area contributed by atoms with Gasteiger partial charge in [0.25, 0.3) is 5.91 Å². The number of nitrogens with one attached hydrogen (secondary N) is 2. The Labute approximate surface area is 205 Å². The Kier molecular flexibility index (Phi) is 9.67. The molecule has 0 saturated carbocycles. The smallest absolute Gasteiger partial charge is 0.253 e. The topological polar surface area (TPSA) is 60.0 Å². The number of anilines is 1. The van der Waals surface area contributed by atoms with Gasteiger partial charge in [0.2, 0.25) is 0 Å². The summed E-state index contributed by atoms with van der Waals surface area (Å²) in [7, 11) is 3.45. The molecule has 0 aromatic heterocycles. The summed E-state index contributed by atoms with van der Waals surface area (Å²) in [5.41, 5.74) is 2.05. The number of carbonyl (C=O) groups is 1. The third-order valence-corrected chi connectivity index (χ3v) is 5.15. The fraction of sp³-hybridized carbons (Fsp3) is 0.391. The van der Waals surface area contributed by atoms with E-state index in [9.17, 15) is 13.6 Å². The van der Waals surface area contributed by atoms with Crippen molar-refractivity contribution < 1.29 is 13.6 Å². The van der Waals surface area contributed by atoms with E-state index in [4.69, 9.17) is 0 Å². The SMILES string of the molecule is CCNC(=NCc1ccc(C(=O)N(C)C)cc1)NC1CCN(c2ccc(F)cc2F)C1.I. The lowest BCUT2D eigenvalue weighted by molar-refractivity contribution is 0.0827. The first kappa shape index (κ1) is 25.8. The Balaban J connectivity index is 0.00000363. The third kappa shape index (κ3) is 6.78. The Morgan fingerprint density at radius 2 is 1.91 bits per heavy atom. The number of hydrogen-bond acceptors (Lipinski definition) is 3. The first-order chi connectivity index (χ1) is 14.9. The zero-order chi connectivity index (χ0) is 22.4. The first-order valence-corrected chi connectivity index (χ1v) is 10.4. The number of benzene rings is 2. The molecule has 0 spiro atoms. The van der Waals surface area contributed by atoms with Crippen molar-refractivity contribution >= 4 is 41.5 Å². The molecule has 1 heterocycles. The van der Waals surface area contributed by atoms with E-state index in [-0.39, 0.29) is 35.9 Å². The second-order valence-corrected chi connectivity index (χ2v) is 7.76. The van der Waals surface area contributed by atoms with Crippen LogP contribution in [0.2, 0.25) is 0 Å². The van der Waals surface area contributed by atoms with Gasteiger partial charge in [-0.05, 0) is 43.2 Å². The van der Waals surface area contributed by atoms with Gasteiger partial charge < -0.3 is 20.4 Å². The molecule has 0 bridgehead atoms. The summed E-state index contributed by atoms with van der Waals surface area (Å²) in [6, 6.07) is 11.2. The van der Waals surface area contributed by atoms with Crippen LogP contribution in [0.25, 0.3) is 0 Å². The first-order valence-electron chi connectivity index (χ1n) is 10.4. The van der Waals surface area contributed by atoms with Crippen LogP contribution >= 0.6 is 24.0 Å². The number of rotatable bonds is 6. The minimum atomic E-state index is -0.573. The Morgan fingerprint density at radius 3 is 2.53 bits per heavy atom. The van der Waals surface area contributed by atoms with Crippen molar-refractivity contribution in [1.82, 2.24) is 15.5 Å². The molecular weight excluding hydrogens is 527 g/mol. The van der Waals surface area contributed by atoms with Gasteiger partial charge in [0.05, 0.1) is 12.2 Å². The fourth-order valence-corrected chi connectivity index (χ4v) is 3.53. The van der Waals surface area contributed by atoms with Crippen molar-refractivity contribution in [2.45, 2.75) is 25.9 Å². The molecule has 6 nitrogen and oxygen atoms in total. The van der Waals surface area contributed by atoms with Crippen molar-refractivity contribution in [1.29, 1.82) is 0 Å². The van der Waals surface area contributed by atoms with Crippen LogP contribution in [0.3, 0.4) is 0 Å². The number of guanidine groups is 1. The second-order valence-electron chi connectivity index (χ2n) is 7.76. The van der Waals surface area contributed by atoms with Crippen LogP contribution in [0, 0.1) is 11.6 Å². The minimum absolute atomic E-state index is 0. The average molecular weight is 557 g/mol. The Bertz CT molecular complexity index is 936. The van der Waals surface area contributed by atoms with E-state index in [2.05, 4.69) is 15.6 Å². The number of amides is 1. The van der Waals surface area contributed by atoms with Gasteiger partial charge in [-0.15, -0.1) is 24.0 Å². The van der Waals surface area contributed by atoms with Crippen LogP contribution in [-0.2, 0) is 6.54 Å². The van der Waals surface area contributed by atoms with Gasteiger partial charge >= 0.3 is 0 Å². The van der Waals surface area contributed by atoms with E-state index in [1.54, 1.807) is 31.1 Å². The lowest BCUT2D eigenvalue weighted by Gasteiger charge is -2.21. The summed E-state index contributed by atoms with van der Waals surface area (Å²) in [6.45, 7) is 4.46. The molecule has 3 rings (SSSR count). The number of carbonyl (C=O) groups excluding carboxylic acids is 1. The van der Waals surface area contributed by atoms with E-state index in [1.807, 2.05) is 24.0 Å². The van der Waals surface area contributed by atoms with E-state index < -0.39 is 11.6 Å². The molecule has 1 atom stereocenters. The lowest BCUT2D eigenvalue weighted by atomic mass is 10.1. The van der Waals surface area contributed by atoms with Crippen LogP contribution in [0.4, 0.5) is 14.5 Å². The number of hydrogen-bond donors (Lipinski definition) is 2. The van der Waals surface area contributed by atoms with Gasteiger partial charge in [0.1, 0.15) is 11.6 Å². The van der Waals surface area contributed by atoms with Crippen LogP contribution in [0.15, 0.2) is 47.5 Å². The molecule has 0 aliphatic carbocycles. The van der Waals surface area contributed by atoms with Crippen molar-refractivity contribution in [3.05, 3.63) is 65.2 Å². The maximum atomic E-state index is 14.1. The van der Waals surface area contributed by atoms with Gasteiger partial charge in [0, 0.05) is 51.4 Å². The average Bonchev–Trinajstić information content (AvgIpc) is 3.20. The number of nitrogens with zero attached hydrogens (tertiary/aromatic N) is 3. The van der Waals surface area contributed by atoms with Crippen LogP contribution in [0.1, 0.15) is 29.3 Å². The van der Waals surface area contributed by atoms with Gasteiger partial charge in [-0.2, -0.15) is 0 Å². The van der Waals surface area contributed by atoms with Crippen molar-refractivity contribution in [3.8, 4) is 0 Å². The van der Waals surface area contributed by atoms with E-state index >= 15 is 0 Å². The third-order valence-electron chi connectivity index (χ3n) is 5.15. The monoisotopic (exact) mass is 557 g/mol. The standard InChI is InChI=1S/C23H29F2N5O.HI/c1-4-26-23(27-14-16-5-7-17(8-6-16)22(31)29(2)3)28-19-11-12-30(15-19)21-10-9-18(24)13-20(21)25;/h5-10,13,19H,4,11-12,14-15H2,1-3H3,(H2,26,27,28);1H. The van der Waals surface area contributed by atoms with E-state index in [0.717, 1.165) is 18.1 Å². The van der Waals surface area contributed by atoms with E-state index in [0.29, 0.717) is 43.4 Å². The van der Waals surface area contributed by atoms with Crippen molar-refractivity contribution in [2.24, 2.45) is 4.99 Å². The summed E-state index contributed by atoms with van der Waals surface area (Å²) in [5, 5.41) is 6.64. The predicted molar refractivity (Wildman–Crippen MR) is 135 cm³/mol. The molecule has 2 aromatic carbocycles. The van der Waals surface area contributed by atoms with Crippen LogP contribution < -0.4 is 15.5 Å². The second kappa shape index (κ2) is 12.0. The molecule has 1 aliphatic heterocycles. The molecule has 9 heteroatoms. The summed E-state index contributed by atoms with van der Waals surface area (Å²) in [6.07, 6.45) is 0.822. The molecule has 1 fully saturated rings. The summed E-state index contributed by atoms with van der Waals surface area (Å²) < 4.78 is 27.3. The van der Waals surface area contributed by atoms with Gasteiger partial charge in [-0.25, -0.2) is 13.8 Å². The largest absolute Gasteiger partial charge is 0.367 e. The van der Waals surface area contributed by atoms with Crippen LogP contribution in [-0.4, -0.2) is 56.5 Å². The number of halogens is 3. The Morgan fingerprint density at radius 1 is 1.19 bits per heavy atom. The van der Waals surface area contributed by atoms with Crippen molar-refractivity contribution in [2.75, 3.05) is 38.6 Å². The van der Waals surface area contributed by atoms with Gasteiger partial charge in [-0.1, -0.05) is 12.1 Å². The lowest BCUT2D eigenvalue weighted by Crippen LogP contribution is -2.44. The molecule has 1 unspecified atom stereocenters. The fourth-order valence-electron chi connectivity index (χ4n) is 3.53. The maximum absolute atomic E-state index is 14.1. The molecular formula is C23H30F2IN5O. The highest BCUT2D eigenvalue weighted by Crippen LogP contribution is 2.24. The molecule has 32 heavy (non-hydrogen) atoms. The van der Waals surface area contributed by atoms with Gasteiger partial charge in [-0.3, -0.25) is 4.79 Å². The Hall–Kier alpha value is -2.43. The van der Waals surface area contributed by atoms with E-state index in [1.165, 1.54) is 12.1 Å². The van der Waals surface area contributed by atoms with Crippen molar-refractivity contribution in [3.63, 3.8) is 0 Å². The zero-order valence-corrected chi connectivity index (χ0v) is 20.9. The van der Waals surface area contributed by atoms with Gasteiger partial charge in [0.15, 0.2) is 5.96 Å². The molecule has 1 saturated heterocycles. The summed E-state index contributed by atoms with van der Waals surface area (Å²) in [5.74, 6) is -0.468. The maximum Gasteiger partial charge on any atom is 0.253 e. The normalized spacial score (nSPS) is 15.8. The highest BCUT2D eigenvalue weighted by atomic mass is 127. The molecule has 2 N–H and O–H groups in total. The molecule has 2 aromatic rings. The zero-order valence-electron chi connectivity index (χ0n) is 18.6. The minimum Gasteiger partial charge on any atom is -0.367 e. The molecule has 0 radical (unpaired) electrons.